The molecule has 4 N–H and O–H groups in total. The second-order valence-electron chi connectivity index (χ2n) is 3.98. The molecule has 0 aromatic carbocycles. The van der Waals surface area contributed by atoms with Gasteiger partial charge in [-0.3, -0.25) is 14.6 Å². The predicted octanol–water partition coefficient (Wildman–Crippen LogP) is -0.367. The van der Waals surface area contributed by atoms with Crippen LogP contribution in [0.5, 0.6) is 0 Å². The quantitative estimate of drug-likeness (QED) is 0.719. The van der Waals surface area contributed by atoms with Crippen LogP contribution < -0.4 is 11.5 Å². The third kappa shape index (κ3) is 4.14. The maximum Gasteiger partial charge on any atom is 0.240 e. The summed E-state index contributed by atoms with van der Waals surface area (Å²) in [5.41, 5.74) is 11.6. The lowest BCUT2D eigenvalue weighted by Crippen LogP contribution is -2.45. The first kappa shape index (κ1) is 14.1. The molecule has 1 atom stereocenters. The molecular formula is C12H18N4O2. The third-order valence-corrected chi connectivity index (χ3v) is 2.55. The third-order valence-electron chi connectivity index (χ3n) is 2.55. The minimum Gasteiger partial charge on any atom is -0.370 e. The van der Waals surface area contributed by atoms with Crippen LogP contribution in [0.2, 0.25) is 0 Å². The van der Waals surface area contributed by atoms with Crippen molar-refractivity contribution in [2.24, 2.45) is 11.5 Å². The van der Waals surface area contributed by atoms with Crippen molar-refractivity contribution >= 4 is 11.8 Å². The van der Waals surface area contributed by atoms with Gasteiger partial charge in [0, 0.05) is 25.5 Å². The average molecular weight is 250 g/mol. The van der Waals surface area contributed by atoms with E-state index >= 15 is 0 Å². The van der Waals surface area contributed by atoms with E-state index in [9.17, 15) is 9.59 Å². The maximum absolute atomic E-state index is 12.0. The Hall–Kier alpha value is -1.95. The molecule has 0 aliphatic rings. The summed E-state index contributed by atoms with van der Waals surface area (Å²) in [7, 11) is 0. The van der Waals surface area contributed by atoms with E-state index in [0.29, 0.717) is 13.1 Å². The van der Waals surface area contributed by atoms with E-state index in [4.69, 9.17) is 11.5 Å². The molecule has 0 fully saturated rings. The summed E-state index contributed by atoms with van der Waals surface area (Å²) in [6, 6.07) is 2.79. The maximum atomic E-state index is 12.0. The highest BCUT2D eigenvalue weighted by Crippen LogP contribution is 2.05. The van der Waals surface area contributed by atoms with Gasteiger partial charge >= 0.3 is 0 Å². The lowest BCUT2D eigenvalue weighted by molar-refractivity contribution is -0.135. The molecule has 6 heteroatoms. The topological polar surface area (TPSA) is 102 Å². The van der Waals surface area contributed by atoms with Gasteiger partial charge in [-0.05, 0) is 24.6 Å². The van der Waals surface area contributed by atoms with Gasteiger partial charge in [-0.25, -0.2) is 0 Å². The van der Waals surface area contributed by atoms with Gasteiger partial charge in [0.1, 0.15) is 0 Å². The molecule has 1 heterocycles. The van der Waals surface area contributed by atoms with Crippen molar-refractivity contribution in [1.82, 2.24) is 9.88 Å². The number of hydrogen-bond donors (Lipinski definition) is 2. The van der Waals surface area contributed by atoms with Crippen LogP contribution in [0.15, 0.2) is 24.5 Å². The molecule has 2 amide bonds. The number of rotatable bonds is 6. The fourth-order valence-corrected chi connectivity index (χ4v) is 1.59. The van der Waals surface area contributed by atoms with Crippen LogP contribution in [0.4, 0.5) is 0 Å². The van der Waals surface area contributed by atoms with Crippen molar-refractivity contribution < 1.29 is 9.59 Å². The number of likely N-dealkylation sites (N-methyl/N-ethyl adjacent to an activating group) is 1. The van der Waals surface area contributed by atoms with Crippen molar-refractivity contribution in [1.29, 1.82) is 0 Å². The Morgan fingerprint density at radius 2 is 2.00 bits per heavy atom. The largest absolute Gasteiger partial charge is 0.370 e. The van der Waals surface area contributed by atoms with E-state index < -0.39 is 11.9 Å². The molecule has 6 nitrogen and oxygen atoms in total. The summed E-state index contributed by atoms with van der Waals surface area (Å²) in [6.45, 7) is 2.83. The molecule has 0 radical (unpaired) electrons. The van der Waals surface area contributed by atoms with Gasteiger partial charge in [0.25, 0.3) is 0 Å². The molecule has 0 aliphatic heterocycles. The number of carbonyl (C=O) groups excluding carboxylic acids is 2. The second kappa shape index (κ2) is 6.70. The fraction of sp³-hybridized carbons (Fsp3) is 0.417. The first-order chi connectivity index (χ1) is 8.54. The van der Waals surface area contributed by atoms with Crippen molar-refractivity contribution in [2.45, 2.75) is 25.9 Å². The van der Waals surface area contributed by atoms with Gasteiger partial charge in [0.15, 0.2) is 0 Å². The number of hydrogen-bond acceptors (Lipinski definition) is 4. The minimum atomic E-state index is -0.871. The standard InChI is InChI=1S/C12H18N4O2/c1-2-16(8-9-3-5-15-6-4-9)12(18)10(13)7-11(14)17/h3-6,10H,2,7-8,13H2,1H3,(H2,14,17). The van der Waals surface area contributed by atoms with Crippen LogP contribution in [-0.2, 0) is 16.1 Å². The molecule has 1 aromatic rings. The lowest BCUT2D eigenvalue weighted by atomic mass is 10.1. The molecule has 0 saturated heterocycles. The van der Waals surface area contributed by atoms with Gasteiger partial charge in [-0.2, -0.15) is 0 Å². The molecule has 1 aromatic heterocycles. The van der Waals surface area contributed by atoms with E-state index in [1.165, 1.54) is 0 Å². The van der Waals surface area contributed by atoms with Gasteiger partial charge in [0.05, 0.1) is 12.5 Å². The van der Waals surface area contributed by atoms with Gasteiger partial charge in [-0.1, -0.05) is 0 Å². The predicted molar refractivity (Wildman–Crippen MR) is 67.1 cm³/mol. The van der Waals surface area contributed by atoms with Gasteiger partial charge in [-0.15, -0.1) is 0 Å². The first-order valence-electron chi connectivity index (χ1n) is 5.76. The van der Waals surface area contributed by atoms with Crippen molar-refractivity contribution in [3.05, 3.63) is 30.1 Å². The summed E-state index contributed by atoms with van der Waals surface area (Å²) in [5.74, 6) is -0.844. The Labute approximate surface area is 106 Å². The minimum absolute atomic E-state index is 0.133. The Morgan fingerprint density at radius 1 is 1.39 bits per heavy atom. The molecule has 0 aliphatic carbocycles. The van der Waals surface area contributed by atoms with Crippen LogP contribution in [0.1, 0.15) is 18.9 Å². The Balaban J connectivity index is 2.66. The fourth-order valence-electron chi connectivity index (χ4n) is 1.59. The highest BCUT2D eigenvalue weighted by atomic mass is 16.2. The summed E-state index contributed by atoms with van der Waals surface area (Å²) < 4.78 is 0. The number of aromatic nitrogens is 1. The molecule has 98 valence electrons. The van der Waals surface area contributed by atoms with Crippen LogP contribution in [0, 0.1) is 0 Å². The molecule has 0 spiro atoms. The molecule has 0 saturated carbocycles. The zero-order chi connectivity index (χ0) is 13.5. The van der Waals surface area contributed by atoms with Crippen molar-refractivity contribution in [3.8, 4) is 0 Å². The van der Waals surface area contributed by atoms with E-state index in [0.717, 1.165) is 5.56 Å². The summed E-state index contributed by atoms with van der Waals surface area (Å²) >= 11 is 0. The summed E-state index contributed by atoms with van der Waals surface area (Å²) in [4.78, 5) is 28.2. The van der Waals surface area contributed by atoms with Crippen molar-refractivity contribution in [2.75, 3.05) is 6.54 Å². The number of primary amides is 1. The SMILES string of the molecule is CCN(Cc1ccncc1)C(=O)C(N)CC(N)=O. The van der Waals surface area contributed by atoms with Crippen LogP contribution >= 0.6 is 0 Å². The normalized spacial score (nSPS) is 11.9. The molecule has 1 rings (SSSR count). The number of nitrogens with two attached hydrogens (primary N) is 2. The molecule has 0 bridgehead atoms. The van der Waals surface area contributed by atoms with E-state index in [1.54, 1.807) is 17.3 Å². The highest BCUT2D eigenvalue weighted by molar-refractivity contribution is 5.87. The number of pyridine rings is 1. The van der Waals surface area contributed by atoms with E-state index in [2.05, 4.69) is 4.98 Å². The van der Waals surface area contributed by atoms with Crippen molar-refractivity contribution in [3.63, 3.8) is 0 Å². The zero-order valence-electron chi connectivity index (χ0n) is 10.4. The summed E-state index contributed by atoms with van der Waals surface area (Å²) in [6.07, 6.45) is 3.19. The first-order valence-corrected chi connectivity index (χ1v) is 5.76. The van der Waals surface area contributed by atoms with Gasteiger partial charge < -0.3 is 16.4 Å². The number of carbonyl (C=O) groups is 2. The molecule has 1 unspecified atom stereocenters. The zero-order valence-corrected chi connectivity index (χ0v) is 10.4. The smallest absolute Gasteiger partial charge is 0.240 e. The monoisotopic (exact) mass is 250 g/mol. The Kier molecular flexibility index (Phi) is 5.26. The second-order valence-corrected chi connectivity index (χ2v) is 3.98. The Bertz CT molecular complexity index is 408. The van der Waals surface area contributed by atoms with E-state index in [-0.39, 0.29) is 12.3 Å². The average Bonchev–Trinajstić information content (AvgIpc) is 2.35. The number of amides is 2. The number of nitrogens with zero attached hydrogens (tertiary/aromatic N) is 2. The van der Waals surface area contributed by atoms with Crippen LogP contribution in [0.3, 0.4) is 0 Å². The Morgan fingerprint density at radius 3 is 2.50 bits per heavy atom. The van der Waals surface area contributed by atoms with E-state index in [1.807, 2.05) is 19.1 Å². The van der Waals surface area contributed by atoms with Crippen LogP contribution in [-0.4, -0.2) is 34.3 Å². The van der Waals surface area contributed by atoms with Gasteiger partial charge in [0.2, 0.25) is 11.8 Å². The summed E-state index contributed by atoms with van der Waals surface area (Å²) in [5, 5.41) is 0. The molecular weight excluding hydrogens is 232 g/mol. The van der Waals surface area contributed by atoms with Crippen LogP contribution in [0.25, 0.3) is 0 Å². The highest BCUT2D eigenvalue weighted by Gasteiger charge is 2.21. The molecule has 18 heavy (non-hydrogen) atoms. The lowest BCUT2D eigenvalue weighted by Gasteiger charge is -2.23.